The predicted octanol–water partition coefficient (Wildman–Crippen LogP) is 0.755. The number of pyridine rings is 1. The molecule has 0 aliphatic carbocycles. The summed E-state index contributed by atoms with van der Waals surface area (Å²) in [4.78, 5) is 8.25. The molecular weight excluding hydrogens is 160 g/mol. The molecule has 1 heterocycles. The second kappa shape index (κ2) is 6.09. The van der Waals surface area contributed by atoms with Crippen molar-refractivity contribution in [2.45, 2.75) is 13.5 Å². The summed E-state index contributed by atoms with van der Waals surface area (Å²) in [5.74, 6) is 0. The van der Waals surface area contributed by atoms with Crippen LogP contribution in [0.5, 0.6) is 0 Å². The monoisotopic (exact) mass is 170 g/mol. The highest BCUT2D eigenvalue weighted by atomic mass is 16.9. The van der Waals surface area contributed by atoms with Gasteiger partial charge >= 0.3 is 0 Å². The first kappa shape index (κ1) is 10.3. The van der Waals surface area contributed by atoms with E-state index < -0.39 is 5.09 Å². The van der Waals surface area contributed by atoms with Gasteiger partial charge < -0.3 is 15.3 Å². The molecule has 5 heteroatoms. The summed E-state index contributed by atoms with van der Waals surface area (Å²) >= 11 is 0. The van der Waals surface area contributed by atoms with Gasteiger partial charge in [-0.15, -0.1) is 0 Å². The van der Waals surface area contributed by atoms with E-state index in [1.165, 1.54) is 0 Å². The molecule has 0 aliphatic rings. The molecule has 0 unspecified atom stereocenters. The molecule has 1 aromatic heterocycles. The molecule has 0 atom stereocenters. The average Bonchev–Trinajstić information content (AvgIpc) is 2.05. The van der Waals surface area contributed by atoms with Gasteiger partial charge in [-0.3, -0.25) is 0 Å². The topological polar surface area (TPSA) is 70.1 Å². The van der Waals surface area contributed by atoms with Crippen molar-refractivity contribution in [2.24, 2.45) is 0 Å². The fourth-order valence-electron chi connectivity index (χ4n) is 0.645. The quantitative estimate of drug-likeness (QED) is 0.355. The van der Waals surface area contributed by atoms with Crippen LogP contribution in [0.1, 0.15) is 6.92 Å². The zero-order valence-corrected chi connectivity index (χ0v) is 6.71. The smallest absolute Gasteiger partial charge is 0.168 e. The number of aryl methyl sites for hydroxylation is 1. The molecule has 5 nitrogen and oxygen atoms in total. The number of aromatic nitrogens is 1. The van der Waals surface area contributed by atoms with Crippen molar-refractivity contribution in [3.8, 4) is 0 Å². The highest BCUT2D eigenvalue weighted by Crippen LogP contribution is 1.74. The standard InChI is InChI=1S/C7H10N.NO3/c1-2-8-6-4-3-5-7-8;2-1(3)4/h3-7H,2H2,1H3;/q+1;-1. The van der Waals surface area contributed by atoms with E-state index in [-0.39, 0.29) is 0 Å². The summed E-state index contributed by atoms with van der Waals surface area (Å²) in [6, 6.07) is 6.08. The molecule has 1 rings (SSSR count). The third-order valence-electron chi connectivity index (χ3n) is 1.14. The zero-order chi connectivity index (χ0) is 9.40. The second-order valence-corrected chi connectivity index (χ2v) is 1.93. The highest BCUT2D eigenvalue weighted by molar-refractivity contribution is 4.83. The Morgan fingerprint density at radius 3 is 1.92 bits per heavy atom. The molecule has 0 aliphatic heterocycles. The Hall–Kier alpha value is -1.65. The summed E-state index contributed by atoms with van der Waals surface area (Å²) in [5.41, 5.74) is 0. The first-order valence-electron chi connectivity index (χ1n) is 3.42. The third kappa shape index (κ3) is 6.47. The van der Waals surface area contributed by atoms with E-state index in [1.807, 2.05) is 18.2 Å². The van der Waals surface area contributed by atoms with E-state index in [0.717, 1.165) is 6.54 Å². The van der Waals surface area contributed by atoms with Crippen molar-refractivity contribution in [1.29, 1.82) is 0 Å². The van der Waals surface area contributed by atoms with E-state index >= 15 is 0 Å². The van der Waals surface area contributed by atoms with Crippen LogP contribution in [0.4, 0.5) is 0 Å². The van der Waals surface area contributed by atoms with Gasteiger partial charge in [-0.25, -0.2) is 4.57 Å². The van der Waals surface area contributed by atoms with Crippen LogP contribution in [-0.2, 0) is 6.54 Å². The van der Waals surface area contributed by atoms with Crippen LogP contribution in [-0.4, -0.2) is 5.09 Å². The van der Waals surface area contributed by atoms with Gasteiger partial charge in [0.2, 0.25) is 0 Å². The third-order valence-corrected chi connectivity index (χ3v) is 1.14. The minimum Gasteiger partial charge on any atom is -0.356 e. The molecule has 0 aromatic carbocycles. The molecule has 0 fully saturated rings. The van der Waals surface area contributed by atoms with Crippen LogP contribution >= 0.6 is 0 Å². The maximum atomic E-state index is 8.25. The number of nitrogens with zero attached hydrogens (tertiary/aromatic N) is 2. The largest absolute Gasteiger partial charge is 0.356 e. The van der Waals surface area contributed by atoms with E-state index in [9.17, 15) is 0 Å². The van der Waals surface area contributed by atoms with Crippen molar-refractivity contribution in [3.63, 3.8) is 0 Å². The van der Waals surface area contributed by atoms with Gasteiger partial charge in [0.1, 0.15) is 6.54 Å². The molecule has 0 radical (unpaired) electrons. The predicted molar refractivity (Wildman–Crippen MR) is 42.7 cm³/mol. The van der Waals surface area contributed by atoms with Crippen LogP contribution in [0.2, 0.25) is 0 Å². The summed E-state index contributed by atoms with van der Waals surface area (Å²) in [6.07, 6.45) is 4.11. The maximum Gasteiger partial charge on any atom is 0.168 e. The van der Waals surface area contributed by atoms with Crippen LogP contribution in [0.3, 0.4) is 0 Å². The van der Waals surface area contributed by atoms with Gasteiger partial charge in [-0.2, -0.15) is 0 Å². The zero-order valence-electron chi connectivity index (χ0n) is 6.71. The van der Waals surface area contributed by atoms with Gasteiger partial charge in [0.15, 0.2) is 12.4 Å². The van der Waals surface area contributed by atoms with Crippen molar-refractivity contribution >= 4 is 0 Å². The molecule has 1 aromatic rings. The van der Waals surface area contributed by atoms with Crippen molar-refractivity contribution in [1.82, 2.24) is 0 Å². The molecule has 0 saturated heterocycles. The molecule has 0 N–H and O–H groups in total. The van der Waals surface area contributed by atoms with Crippen LogP contribution in [0, 0.1) is 15.3 Å². The van der Waals surface area contributed by atoms with Crippen molar-refractivity contribution in [2.75, 3.05) is 0 Å². The van der Waals surface area contributed by atoms with E-state index in [4.69, 9.17) is 15.3 Å². The lowest BCUT2D eigenvalue weighted by atomic mass is 10.5. The Morgan fingerprint density at radius 2 is 1.67 bits per heavy atom. The second-order valence-electron chi connectivity index (χ2n) is 1.93. The lowest BCUT2D eigenvalue weighted by Crippen LogP contribution is -2.30. The van der Waals surface area contributed by atoms with Gasteiger partial charge in [-0.05, 0) is 6.92 Å². The number of hydrogen-bond donors (Lipinski definition) is 0. The Balaban J connectivity index is 0.000000261. The first-order chi connectivity index (χ1) is 5.66. The fourth-order valence-corrected chi connectivity index (χ4v) is 0.645. The SMILES string of the molecule is CC[n+]1ccccc1.O=[N+]([O-])[O-]. The lowest BCUT2D eigenvalue weighted by molar-refractivity contribution is -0.693. The normalized spacial score (nSPS) is 8.08. The van der Waals surface area contributed by atoms with Gasteiger partial charge in [0, 0.05) is 12.1 Å². The van der Waals surface area contributed by atoms with Crippen molar-refractivity contribution < 1.29 is 9.65 Å². The molecule has 66 valence electrons. The minimum absolute atomic E-state index is 1.06. The Labute approximate surface area is 70.0 Å². The minimum atomic E-state index is -1.75. The number of hydrogen-bond acceptors (Lipinski definition) is 3. The molecule has 0 saturated carbocycles. The van der Waals surface area contributed by atoms with Crippen LogP contribution in [0.15, 0.2) is 30.6 Å². The highest BCUT2D eigenvalue weighted by Gasteiger charge is 1.86. The van der Waals surface area contributed by atoms with Gasteiger partial charge in [-0.1, -0.05) is 6.07 Å². The molecular formula is C7H10N2O3. The Kier molecular flexibility index (Phi) is 5.25. The summed E-state index contributed by atoms with van der Waals surface area (Å²) < 4.78 is 2.12. The van der Waals surface area contributed by atoms with E-state index in [2.05, 4.69) is 23.9 Å². The van der Waals surface area contributed by atoms with Crippen LogP contribution < -0.4 is 4.57 Å². The van der Waals surface area contributed by atoms with E-state index in [0.29, 0.717) is 0 Å². The number of rotatable bonds is 1. The molecule has 12 heavy (non-hydrogen) atoms. The Morgan fingerprint density at radius 1 is 1.25 bits per heavy atom. The molecule has 0 amide bonds. The first-order valence-corrected chi connectivity index (χ1v) is 3.42. The maximum absolute atomic E-state index is 8.25. The van der Waals surface area contributed by atoms with E-state index in [1.54, 1.807) is 0 Å². The summed E-state index contributed by atoms with van der Waals surface area (Å²) in [6.45, 7) is 3.18. The summed E-state index contributed by atoms with van der Waals surface area (Å²) in [7, 11) is 0. The molecule has 0 bridgehead atoms. The van der Waals surface area contributed by atoms with Crippen LogP contribution in [0.25, 0.3) is 0 Å². The molecule has 0 spiro atoms. The van der Waals surface area contributed by atoms with Gasteiger partial charge in [0.25, 0.3) is 0 Å². The fraction of sp³-hybridized carbons (Fsp3) is 0.286. The summed E-state index contributed by atoms with van der Waals surface area (Å²) in [5, 5.41) is 14.8. The van der Waals surface area contributed by atoms with Crippen molar-refractivity contribution in [3.05, 3.63) is 45.9 Å². The van der Waals surface area contributed by atoms with Gasteiger partial charge in [0.05, 0.1) is 5.09 Å². The average molecular weight is 170 g/mol. The Bertz CT molecular complexity index is 221. The lowest BCUT2D eigenvalue weighted by Gasteiger charge is -1.84.